The summed E-state index contributed by atoms with van der Waals surface area (Å²) in [6, 6.07) is 15.4. The van der Waals surface area contributed by atoms with Crippen molar-refractivity contribution in [2.45, 2.75) is 6.92 Å². The normalized spacial score (nSPS) is 11.2. The van der Waals surface area contributed by atoms with Crippen LogP contribution in [0.15, 0.2) is 64.3 Å². The van der Waals surface area contributed by atoms with Gasteiger partial charge in [0.25, 0.3) is 5.56 Å². The van der Waals surface area contributed by atoms with Crippen LogP contribution >= 0.6 is 0 Å². The van der Waals surface area contributed by atoms with E-state index in [0.717, 1.165) is 27.1 Å². The molecule has 6 heteroatoms. The smallest absolute Gasteiger partial charge is 0.330 e. The SMILES string of the molecule is Cc1ccc(-c2c3c(=O)n(C)c(=O)n(C)c3cn2-c2ccc(N)cc2)cc1. The molecule has 4 aromatic rings. The third-order valence-electron chi connectivity index (χ3n) is 4.94. The van der Waals surface area contributed by atoms with Gasteiger partial charge in [0.15, 0.2) is 0 Å². The van der Waals surface area contributed by atoms with Gasteiger partial charge in [-0.25, -0.2) is 4.79 Å². The van der Waals surface area contributed by atoms with Crippen molar-refractivity contribution in [1.82, 2.24) is 13.7 Å². The number of nitrogen functional groups attached to an aromatic ring is 1. The van der Waals surface area contributed by atoms with Gasteiger partial charge in [0.2, 0.25) is 0 Å². The minimum Gasteiger partial charge on any atom is -0.399 e. The van der Waals surface area contributed by atoms with Crippen molar-refractivity contribution in [3.63, 3.8) is 0 Å². The number of hydrogen-bond acceptors (Lipinski definition) is 3. The summed E-state index contributed by atoms with van der Waals surface area (Å²) in [6.45, 7) is 2.02. The van der Waals surface area contributed by atoms with Crippen molar-refractivity contribution in [3.05, 3.63) is 81.1 Å². The standard InChI is InChI=1S/C21H20N4O2/c1-13-4-6-14(7-5-13)19-18-17(23(2)21(27)24(3)20(18)26)12-25(19)16-10-8-15(22)9-11-16/h4-12H,22H2,1-3H3. The molecule has 0 aliphatic rings. The number of hydrogen-bond donors (Lipinski definition) is 1. The zero-order chi connectivity index (χ0) is 19.3. The number of aromatic nitrogens is 3. The van der Waals surface area contributed by atoms with Crippen molar-refractivity contribution >= 4 is 16.6 Å². The van der Waals surface area contributed by atoms with Crippen molar-refractivity contribution in [2.75, 3.05) is 5.73 Å². The van der Waals surface area contributed by atoms with Crippen LogP contribution in [0.4, 0.5) is 5.69 Å². The van der Waals surface area contributed by atoms with Crippen molar-refractivity contribution < 1.29 is 0 Å². The average Bonchev–Trinajstić information content (AvgIpc) is 3.06. The van der Waals surface area contributed by atoms with Crippen LogP contribution in [0.3, 0.4) is 0 Å². The van der Waals surface area contributed by atoms with Gasteiger partial charge in [0.1, 0.15) is 0 Å². The number of nitrogens with zero attached hydrogens (tertiary/aromatic N) is 3. The first-order chi connectivity index (χ1) is 12.9. The summed E-state index contributed by atoms with van der Waals surface area (Å²) in [5.74, 6) is 0. The fourth-order valence-electron chi connectivity index (χ4n) is 3.37. The molecule has 27 heavy (non-hydrogen) atoms. The number of rotatable bonds is 2. The van der Waals surface area contributed by atoms with Crippen LogP contribution in [0.25, 0.3) is 27.8 Å². The van der Waals surface area contributed by atoms with Crippen LogP contribution in [-0.2, 0) is 14.1 Å². The minimum absolute atomic E-state index is 0.308. The molecule has 0 amide bonds. The quantitative estimate of drug-likeness (QED) is 0.558. The van der Waals surface area contributed by atoms with Crippen LogP contribution in [0.1, 0.15) is 5.56 Å². The maximum atomic E-state index is 13.0. The van der Waals surface area contributed by atoms with Gasteiger partial charge < -0.3 is 10.3 Å². The molecule has 0 aliphatic heterocycles. The molecule has 0 aliphatic carbocycles. The van der Waals surface area contributed by atoms with E-state index in [-0.39, 0.29) is 11.2 Å². The Morgan fingerprint density at radius 3 is 2.11 bits per heavy atom. The second-order valence-electron chi connectivity index (χ2n) is 6.77. The molecule has 2 N–H and O–H groups in total. The number of aryl methyl sites for hydroxylation is 2. The Morgan fingerprint density at radius 1 is 0.852 bits per heavy atom. The summed E-state index contributed by atoms with van der Waals surface area (Å²) in [4.78, 5) is 25.4. The molecule has 0 bridgehead atoms. The molecular formula is C21H20N4O2. The predicted octanol–water partition coefficient (Wildman–Crippen LogP) is 2.59. The molecule has 0 saturated heterocycles. The van der Waals surface area contributed by atoms with Gasteiger partial charge in [-0.05, 0) is 36.8 Å². The van der Waals surface area contributed by atoms with Crippen LogP contribution in [0.5, 0.6) is 0 Å². The lowest BCUT2D eigenvalue weighted by Gasteiger charge is -2.11. The van der Waals surface area contributed by atoms with E-state index in [1.807, 2.05) is 66.2 Å². The van der Waals surface area contributed by atoms with E-state index >= 15 is 0 Å². The molecule has 0 spiro atoms. The Bertz CT molecular complexity index is 1270. The largest absolute Gasteiger partial charge is 0.399 e. The summed E-state index contributed by atoms with van der Waals surface area (Å²) in [5.41, 5.74) is 10.1. The highest BCUT2D eigenvalue weighted by molar-refractivity contribution is 5.94. The first-order valence-electron chi connectivity index (χ1n) is 8.62. The minimum atomic E-state index is -0.350. The molecule has 2 aromatic carbocycles. The molecule has 0 fully saturated rings. The van der Waals surface area contributed by atoms with E-state index in [0.29, 0.717) is 16.6 Å². The van der Waals surface area contributed by atoms with Gasteiger partial charge in [0.05, 0.1) is 16.6 Å². The predicted molar refractivity (Wildman–Crippen MR) is 108 cm³/mol. The second-order valence-corrected chi connectivity index (χ2v) is 6.77. The van der Waals surface area contributed by atoms with Crippen LogP contribution in [0, 0.1) is 6.92 Å². The van der Waals surface area contributed by atoms with Gasteiger partial charge in [0, 0.05) is 31.7 Å². The Hall–Kier alpha value is -3.54. The Morgan fingerprint density at radius 2 is 1.48 bits per heavy atom. The summed E-state index contributed by atoms with van der Waals surface area (Å²) < 4.78 is 4.59. The molecule has 0 unspecified atom stereocenters. The Balaban J connectivity index is 2.18. The lowest BCUT2D eigenvalue weighted by Crippen LogP contribution is -2.36. The highest BCUT2D eigenvalue weighted by atomic mass is 16.2. The molecule has 0 atom stereocenters. The Kier molecular flexibility index (Phi) is 3.77. The van der Waals surface area contributed by atoms with E-state index in [1.165, 1.54) is 11.6 Å². The molecule has 0 radical (unpaired) electrons. The summed E-state index contributed by atoms with van der Waals surface area (Å²) in [7, 11) is 3.18. The van der Waals surface area contributed by atoms with Gasteiger partial charge in [-0.3, -0.25) is 13.9 Å². The van der Waals surface area contributed by atoms with Gasteiger partial charge >= 0.3 is 5.69 Å². The average molecular weight is 360 g/mol. The van der Waals surface area contributed by atoms with Crippen molar-refractivity contribution in [3.8, 4) is 16.9 Å². The molecule has 4 rings (SSSR count). The highest BCUT2D eigenvalue weighted by Gasteiger charge is 2.20. The maximum Gasteiger partial charge on any atom is 0.330 e. The fourth-order valence-corrected chi connectivity index (χ4v) is 3.37. The van der Waals surface area contributed by atoms with Gasteiger partial charge in [-0.1, -0.05) is 29.8 Å². The highest BCUT2D eigenvalue weighted by Crippen LogP contribution is 2.31. The lowest BCUT2D eigenvalue weighted by atomic mass is 10.1. The lowest BCUT2D eigenvalue weighted by molar-refractivity contribution is 0.714. The molecule has 2 aromatic heterocycles. The molecule has 2 heterocycles. The molecule has 0 saturated carbocycles. The second kappa shape index (κ2) is 6.02. The summed E-state index contributed by atoms with van der Waals surface area (Å²) in [6.07, 6.45) is 1.83. The number of anilines is 1. The fraction of sp³-hybridized carbons (Fsp3) is 0.143. The topological polar surface area (TPSA) is 75.0 Å². The number of benzene rings is 2. The number of nitrogens with two attached hydrogens (primary N) is 1. The molecule has 136 valence electrons. The van der Waals surface area contributed by atoms with Gasteiger partial charge in [-0.2, -0.15) is 0 Å². The van der Waals surface area contributed by atoms with E-state index < -0.39 is 0 Å². The zero-order valence-corrected chi connectivity index (χ0v) is 15.4. The van der Waals surface area contributed by atoms with E-state index in [1.54, 1.807) is 7.05 Å². The van der Waals surface area contributed by atoms with Crippen LogP contribution < -0.4 is 17.0 Å². The first-order valence-corrected chi connectivity index (χ1v) is 8.62. The third kappa shape index (κ3) is 2.57. The van der Waals surface area contributed by atoms with Crippen molar-refractivity contribution in [2.24, 2.45) is 14.1 Å². The van der Waals surface area contributed by atoms with Crippen LogP contribution in [0.2, 0.25) is 0 Å². The number of fused-ring (bicyclic) bond motifs is 1. The Labute approximate surface area is 155 Å². The monoisotopic (exact) mass is 360 g/mol. The zero-order valence-electron chi connectivity index (χ0n) is 15.4. The molecular weight excluding hydrogens is 340 g/mol. The molecule has 6 nitrogen and oxygen atoms in total. The van der Waals surface area contributed by atoms with E-state index in [2.05, 4.69) is 0 Å². The van der Waals surface area contributed by atoms with E-state index in [4.69, 9.17) is 5.73 Å². The third-order valence-corrected chi connectivity index (χ3v) is 4.94. The van der Waals surface area contributed by atoms with Crippen molar-refractivity contribution in [1.29, 1.82) is 0 Å². The summed E-state index contributed by atoms with van der Waals surface area (Å²) in [5, 5.41) is 0.514. The maximum absolute atomic E-state index is 13.0. The van der Waals surface area contributed by atoms with Gasteiger partial charge in [-0.15, -0.1) is 0 Å². The van der Waals surface area contributed by atoms with Crippen LogP contribution in [-0.4, -0.2) is 13.7 Å². The first kappa shape index (κ1) is 16.9. The van der Waals surface area contributed by atoms with E-state index in [9.17, 15) is 9.59 Å². The summed E-state index contributed by atoms with van der Waals surface area (Å²) >= 11 is 0.